The number of esters is 1. The standard InChI is InChI=1S/C15H11F3O4S/c1-22-15(19)9-2-4-12(17)10(6-9)8-23(20,21)14-7-11(16)3-5-13(14)18/h2-7H,8H2,1H3. The highest BCUT2D eigenvalue weighted by Crippen LogP contribution is 2.23. The van der Waals surface area contributed by atoms with Crippen LogP contribution in [-0.2, 0) is 20.3 Å². The number of halogens is 3. The number of hydrogen-bond acceptors (Lipinski definition) is 4. The van der Waals surface area contributed by atoms with Crippen molar-refractivity contribution in [1.29, 1.82) is 0 Å². The Labute approximate surface area is 130 Å². The first-order valence-corrected chi connectivity index (χ1v) is 7.94. The van der Waals surface area contributed by atoms with Crippen LogP contribution in [0.15, 0.2) is 41.3 Å². The number of benzene rings is 2. The SMILES string of the molecule is COC(=O)c1ccc(F)c(CS(=O)(=O)c2cc(F)ccc2F)c1. The molecule has 122 valence electrons. The number of rotatable bonds is 4. The number of ether oxygens (including phenoxy) is 1. The quantitative estimate of drug-likeness (QED) is 0.800. The molecule has 0 saturated carbocycles. The molecular weight excluding hydrogens is 333 g/mol. The first kappa shape index (κ1) is 17.0. The van der Waals surface area contributed by atoms with E-state index in [0.717, 1.165) is 31.4 Å². The third-order valence-electron chi connectivity index (χ3n) is 3.04. The summed E-state index contributed by atoms with van der Waals surface area (Å²) in [5.74, 6) is -4.67. The lowest BCUT2D eigenvalue weighted by Crippen LogP contribution is -2.10. The Morgan fingerprint density at radius 3 is 2.35 bits per heavy atom. The van der Waals surface area contributed by atoms with Gasteiger partial charge in [-0.3, -0.25) is 0 Å². The molecule has 2 aromatic rings. The lowest BCUT2D eigenvalue weighted by Gasteiger charge is -2.08. The van der Waals surface area contributed by atoms with Crippen LogP contribution in [0.2, 0.25) is 0 Å². The Balaban J connectivity index is 2.45. The van der Waals surface area contributed by atoms with Gasteiger partial charge in [-0.15, -0.1) is 0 Å². The summed E-state index contributed by atoms with van der Waals surface area (Å²) in [5, 5.41) is 0. The summed E-state index contributed by atoms with van der Waals surface area (Å²) in [6, 6.07) is 4.98. The Bertz CT molecular complexity index is 863. The number of hydrogen-bond donors (Lipinski definition) is 0. The summed E-state index contributed by atoms with van der Waals surface area (Å²) >= 11 is 0. The molecule has 0 spiro atoms. The number of carbonyl (C=O) groups is 1. The molecule has 4 nitrogen and oxygen atoms in total. The maximum absolute atomic E-state index is 13.8. The Morgan fingerprint density at radius 1 is 1.04 bits per heavy atom. The monoisotopic (exact) mass is 344 g/mol. The third kappa shape index (κ3) is 3.70. The van der Waals surface area contributed by atoms with E-state index in [1.54, 1.807) is 0 Å². The molecular formula is C15H11F3O4S. The minimum atomic E-state index is -4.35. The summed E-state index contributed by atoms with van der Waals surface area (Å²) in [7, 11) is -3.23. The molecule has 0 saturated heterocycles. The fourth-order valence-electron chi connectivity index (χ4n) is 1.93. The van der Waals surface area contributed by atoms with E-state index in [0.29, 0.717) is 12.1 Å². The second-order valence-corrected chi connectivity index (χ2v) is 6.59. The van der Waals surface area contributed by atoms with Gasteiger partial charge < -0.3 is 4.74 Å². The van der Waals surface area contributed by atoms with Crippen molar-refractivity contribution in [3.8, 4) is 0 Å². The minimum Gasteiger partial charge on any atom is -0.465 e. The van der Waals surface area contributed by atoms with Crippen molar-refractivity contribution >= 4 is 15.8 Å². The van der Waals surface area contributed by atoms with Crippen LogP contribution in [0.25, 0.3) is 0 Å². The van der Waals surface area contributed by atoms with Gasteiger partial charge in [-0.1, -0.05) is 0 Å². The molecule has 8 heteroatoms. The summed E-state index contributed by atoms with van der Waals surface area (Å²) in [4.78, 5) is 10.5. The maximum atomic E-state index is 13.8. The molecule has 0 N–H and O–H groups in total. The average molecular weight is 344 g/mol. The first-order chi connectivity index (χ1) is 10.7. The van der Waals surface area contributed by atoms with Gasteiger partial charge in [-0.2, -0.15) is 0 Å². The van der Waals surface area contributed by atoms with Gasteiger partial charge in [-0.05, 0) is 36.4 Å². The molecule has 2 aromatic carbocycles. The predicted octanol–water partition coefficient (Wildman–Crippen LogP) is 2.86. The lowest BCUT2D eigenvalue weighted by atomic mass is 10.1. The van der Waals surface area contributed by atoms with Crippen LogP contribution in [0, 0.1) is 17.5 Å². The van der Waals surface area contributed by atoms with E-state index in [-0.39, 0.29) is 11.1 Å². The molecule has 0 fully saturated rings. The molecule has 0 aromatic heterocycles. The second kappa shape index (κ2) is 6.41. The van der Waals surface area contributed by atoms with E-state index < -0.39 is 43.9 Å². The zero-order valence-electron chi connectivity index (χ0n) is 11.8. The molecule has 0 heterocycles. The zero-order chi connectivity index (χ0) is 17.2. The fourth-order valence-corrected chi connectivity index (χ4v) is 3.37. The number of methoxy groups -OCH3 is 1. The topological polar surface area (TPSA) is 60.4 Å². The van der Waals surface area contributed by atoms with Crippen LogP contribution in [0.4, 0.5) is 13.2 Å². The normalized spacial score (nSPS) is 11.3. The zero-order valence-corrected chi connectivity index (χ0v) is 12.7. The van der Waals surface area contributed by atoms with E-state index in [1.165, 1.54) is 0 Å². The maximum Gasteiger partial charge on any atom is 0.337 e. The average Bonchev–Trinajstić information content (AvgIpc) is 2.50. The van der Waals surface area contributed by atoms with Crippen LogP contribution in [-0.4, -0.2) is 21.5 Å². The minimum absolute atomic E-state index is 0.0567. The molecule has 0 amide bonds. The summed E-state index contributed by atoms with van der Waals surface area (Å²) in [5.41, 5.74) is -0.407. The molecule has 2 rings (SSSR count). The van der Waals surface area contributed by atoms with Gasteiger partial charge in [0.05, 0.1) is 18.4 Å². The van der Waals surface area contributed by atoms with Crippen molar-refractivity contribution in [1.82, 2.24) is 0 Å². The molecule has 0 atom stereocenters. The van der Waals surface area contributed by atoms with Gasteiger partial charge in [0.1, 0.15) is 22.3 Å². The summed E-state index contributed by atoms with van der Waals surface area (Å²) in [6.45, 7) is 0. The highest BCUT2D eigenvalue weighted by Gasteiger charge is 2.23. The van der Waals surface area contributed by atoms with Crippen molar-refractivity contribution in [2.75, 3.05) is 7.11 Å². The number of sulfone groups is 1. The van der Waals surface area contributed by atoms with Crippen molar-refractivity contribution in [3.63, 3.8) is 0 Å². The summed E-state index contributed by atoms with van der Waals surface area (Å²) < 4.78 is 69.4. The third-order valence-corrected chi connectivity index (χ3v) is 4.71. The molecule has 0 aliphatic rings. The van der Waals surface area contributed by atoms with Crippen molar-refractivity contribution in [2.24, 2.45) is 0 Å². The van der Waals surface area contributed by atoms with Gasteiger partial charge in [0.25, 0.3) is 0 Å². The van der Waals surface area contributed by atoms with E-state index in [2.05, 4.69) is 4.74 Å². The van der Waals surface area contributed by atoms with Crippen molar-refractivity contribution in [3.05, 3.63) is 65.0 Å². The molecule has 0 unspecified atom stereocenters. The highest BCUT2D eigenvalue weighted by molar-refractivity contribution is 7.90. The number of carbonyl (C=O) groups excluding carboxylic acids is 1. The fraction of sp³-hybridized carbons (Fsp3) is 0.133. The van der Waals surface area contributed by atoms with Crippen LogP contribution >= 0.6 is 0 Å². The first-order valence-electron chi connectivity index (χ1n) is 6.29. The van der Waals surface area contributed by atoms with Crippen LogP contribution in [0.1, 0.15) is 15.9 Å². The van der Waals surface area contributed by atoms with Gasteiger partial charge in [0.2, 0.25) is 0 Å². The van der Waals surface area contributed by atoms with Crippen LogP contribution < -0.4 is 0 Å². The largest absolute Gasteiger partial charge is 0.465 e. The van der Waals surface area contributed by atoms with E-state index in [4.69, 9.17) is 0 Å². The Hall–Kier alpha value is -2.35. The van der Waals surface area contributed by atoms with Gasteiger partial charge >= 0.3 is 5.97 Å². The van der Waals surface area contributed by atoms with E-state index in [9.17, 15) is 26.4 Å². The van der Waals surface area contributed by atoms with Gasteiger partial charge in [0, 0.05) is 5.56 Å². The molecule has 0 aliphatic carbocycles. The highest BCUT2D eigenvalue weighted by atomic mass is 32.2. The van der Waals surface area contributed by atoms with Crippen molar-refractivity contribution < 1.29 is 31.1 Å². The molecule has 0 bridgehead atoms. The summed E-state index contributed by atoms with van der Waals surface area (Å²) in [6.07, 6.45) is 0. The second-order valence-electron chi connectivity index (χ2n) is 4.63. The molecule has 0 radical (unpaired) electrons. The van der Waals surface area contributed by atoms with Crippen molar-refractivity contribution in [2.45, 2.75) is 10.6 Å². The van der Waals surface area contributed by atoms with Crippen LogP contribution in [0.5, 0.6) is 0 Å². The lowest BCUT2D eigenvalue weighted by molar-refractivity contribution is 0.0600. The van der Waals surface area contributed by atoms with Crippen LogP contribution in [0.3, 0.4) is 0 Å². The predicted molar refractivity (Wildman–Crippen MR) is 75.0 cm³/mol. The smallest absolute Gasteiger partial charge is 0.337 e. The van der Waals surface area contributed by atoms with Gasteiger partial charge in [0.15, 0.2) is 9.84 Å². The molecule has 0 aliphatic heterocycles. The van der Waals surface area contributed by atoms with E-state index >= 15 is 0 Å². The Kier molecular flexibility index (Phi) is 4.74. The molecule has 23 heavy (non-hydrogen) atoms. The van der Waals surface area contributed by atoms with E-state index in [1.807, 2.05) is 0 Å². The Morgan fingerprint density at radius 2 is 1.70 bits per heavy atom. The van der Waals surface area contributed by atoms with Gasteiger partial charge in [-0.25, -0.2) is 26.4 Å².